The van der Waals surface area contributed by atoms with E-state index in [1.54, 1.807) is 10.9 Å². The topological polar surface area (TPSA) is 75.8 Å². The summed E-state index contributed by atoms with van der Waals surface area (Å²) in [6.07, 6.45) is 6.96. The SMILES string of the molecule is [N-]=[N+]=NCc1cnn(C2CCCCO2)c1. The van der Waals surface area contributed by atoms with Crippen LogP contribution in [-0.4, -0.2) is 16.4 Å². The predicted octanol–water partition coefficient (Wildman–Crippen LogP) is 2.39. The summed E-state index contributed by atoms with van der Waals surface area (Å²) in [5.41, 5.74) is 9.11. The number of azide groups is 1. The molecule has 0 radical (unpaired) electrons. The molecule has 1 saturated heterocycles. The lowest BCUT2D eigenvalue weighted by molar-refractivity contribution is -0.0395. The zero-order chi connectivity index (χ0) is 10.5. The summed E-state index contributed by atoms with van der Waals surface area (Å²) in [5.74, 6) is 0. The minimum atomic E-state index is 0.0542. The van der Waals surface area contributed by atoms with Crippen molar-refractivity contribution in [3.8, 4) is 0 Å². The lowest BCUT2D eigenvalue weighted by Crippen LogP contribution is -2.18. The molecule has 2 rings (SSSR count). The van der Waals surface area contributed by atoms with Gasteiger partial charge in [0.15, 0.2) is 0 Å². The smallest absolute Gasteiger partial charge is 0.150 e. The van der Waals surface area contributed by atoms with Crippen LogP contribution < -0.4 is 0 Å². The van der Waals surface area contributed by atoms with Gasteiger partial charge in [-0.2, -0.15) is 5.10 Å². The molecule has 6 heteroatoms. The van der Waals surface area contributed by atoms with Crippen molar-refractivity contribution in [2.45, 2.75) is 32.0 Å². The molecule has 1 aliphatic rings. The molecule has 1 atom stereocenters. The summed E-state index contributed by atoms with van der Waals surface area (Å²) < 4.78 is 7.39. The van der Waals surface area contributed by atoms with Crippen LogP contribution in [0, 0.1) is 0 Å². The maximum Gasteiger partial charge on any atom is 0.150 e. The monoisotopic (exact) mass is 207 g/mol. The zero-order valence-electron chi connectivity index (χ0n) is 8.41. The average molecular weight is 207 g/mol. The molecule has 0 N–H and O–H groups in total. The second-order valence-electron chi connectivity index (χ2n) is 3.54. The normalized spacial score (nSPS) is 20.9. The van der Waals surface area contributed by atoms with E-state index in [0.717, 1.165) is 25.0 Å². The Hall–Kier alpha value is -1.52. The number of hydrogen-bond acceptors (Lipinski definition) is 3. The summed E-state index contributed by atoms with van der Waals surface area (Å²) in [5, 5.41) is 7.69. The molecule has 6 nitrogen and oxygen atoms in total. The summed E-state index contributed by atoms with van der Waals surface area (Å²) in [4.78, 5) is 2.71. The minimum Gasteiger partial charge on any atom is -0.357 e. The largest absolute Gasteiger partial charge is 0.357 e. The molecule has 0 spiro atoms. The van der Waals surface area contributed by atoms with E-state index in [9.17, 15) is 0 Å². The molecule has 0 bridgehead atoms. The van der Waals surface area contributed by atoms with Gasteiger partial charge >= 0.3 is 0 Å². The molecule has 1 aromatic heterocycles. The van der Waals surface area contributed by atoms with Gasteiger partial charge in [0.05, 0.1) is 12.7 Å². The van der Waals surface area contributed by atoms with Gasteiger partial charge in [-0.15, -0.1) is 0 Å². The highest BCUT2D eigenvalue weighted by molar-refractivity contribution is 5.03. The minimum absolute atomic E-state index is 0.0542. The molecular formula is C9H13N5O. The van der Waals surface area contributed by atoms with Crippen molar-refractivity contribution in [3.05, 3.63) is 28.4 Å². The van der Waals surface area contributed by atoms with E-state index in [1.165, 1.54) is 6.42 Å². The van der Waals surface area contributed by atoms with Crippen molar-refractivity contribution in [1.82, 2.24) is 9.78 Å². The fourth-order valence-corrected chi connectivity index (χ4v) is 1.66. The van der Waals surface area contributed by atoms with E-state index >= 15 is 0 Å². The highest BCUT2D eigenvalue weighted by atomic mass is 16.5. The van der Waals surface area contributed by atoms with Crippen LogP contribution in [0.15, 0.2) is 17.5 Å². The Morgan fingerprint density at radius 3 is 3.33 bits per heavy atom. The van der Waals surface area contributed by atoms with Gasteiger partial charge in [0.1, 0.15) is 6.23 Å². The Morgan fingerprint density at radius 2 is 2.60 bits per heavy atom. The number of hydrogen-bond donors (Lipinski definition) is 0. The summed E-state index contributed by atoms with van der Waals surface area (Å²) >= 11 is 0. The molecule has 1 unspecified atom stereocenters. The van der Waals surface area contributed by atoms with E-state index in [2.05, 4.69) is 15.1 Å². The highest BCUT2D eigenvalue weighted by Gasteiger charge is 2.15. The van der Waals surface area contributed by atoms with E-state index in [-0.39, 0.29) is 6.23 Å². The van der Waals surface area contributed by atoms with Gasteiger partial charge in [0.25, 0.3) is 0 Å². The lowest BCUT2D eigenvalue weighted by Gasteiger charge is -2.22. The maximum atomic E-state index is 8.19. The first-order chi connectivity index (χ1) is 7.40. The van der Waals surface area contributed by atoms with Crippen LogP contribution in [0.3, 0.4) is 0 Å². The van der Waals surface area contributed by atoms with Gasteiger partial charge in [0, 0.05) is 17.7 Å². The molecule has 80 valence electrons. The van der Waals surface area contributed by atoms with Crippen molar-refractivity contribution >= 4 is 0 Å². The second-order valence-corrected chi connectivity index (χ2v) is 3.54. The Labute approximate surface area is 87.5 Å². The van der Waals surface area contributed by atoms with E-state index in [1.807, 2.05) is 6.20 Å². The van der Waals surface area contributed by atoms with Gasteiger partial charge in [-0.05, 0) is 30.4 Å². The van der Waals surface area contributed by atoms with Crippen LogP contribution in [0.2, 0.25) is 0 Å². The Balaban J connectivity index is 2.01. The van der Waals surface area contributed by atoms with Crippen LogP contribution in [0.1, 0.15) is 31.1 Å². The third kappa shape index (κ3) is 2.49. The van der Waals surface area contributed by atoms with Crippen molar-refractivity contribution in [1.29, 1.82) is 0 Å². The van der Waals surface area contributed by atoms with E-state index in [4.69, 9.17) is 10.3 Å². The van der Waals surface area contributed by atoms with Crippen LogP contribution >= 0.6 is 0 Å². The Morgan fingerprint density at radius 1 is 1.67 bits per heavy atom. The second kappa shape index (κ2) is 4.82. The summed E-state index contributed by atoms with van der Waals surface area (Å²) in [6.45, 7) is 1.15. The first kappa shape index (κ1) is 10.0. The standard InChI is InChI=1S/C9H13N5O/c10-13-11-5-8-6-12-14(7-8)9-3-1-2-4-15-9/h6-7,9H,1-5H2. The van der Waals surface area contributed by atoms with Crippen LogP contribution in [0.25, 0.3) is 10.4 Å². The lowest BCUT2D eigenvalue weighted by atomic mass is 10.2. The van der Waals surface area contributed by atoms with Gasteiger partial charge in [-0.3, -0.25) is 0 Å². The number of rotatable bonds is 3. The predicted molar refractivity (Wildman–Crippen MR) is 53.9 cm³/mol. The molecule has 1 fully saturated rings. The molecular weight excluding hydrogens is 194 g/mol. The average Bonchev–Trinajstić information content (AvgIpc) is 2.76. The quantitative estimate of drug-likeness (QED) is 0.433. The Kier molecular flexibility index (Phi) is 3.22. The van der Waals surface area contributed by atoms with E-state index < -0.39 is 0 Å². The molecule has 15 heavy (non-hydrogen) atoms. The number of ether oxygens (including phenoxy) is 1. The van der Waals surface area contributed by atoms with E-state index in [0.29, 0.717) is 6.54 Å². The number of nitrogens with zero attached hydrogens (tertiary/aromatic N) is 5. The first-order valence-electron chi connectivity index (χ1n) is 5.05. The highest BCUT2D eigenvalue weighted by Crippen LogP contribution is 2.21. The Bertz CT molecular complexity index is 362. The molecule has 0 saturated carbocycles. The third-order valence-electron chi connectivity index (χ3n) is 2.42. The van der Waals surface area contributed by atoms with Crippen molar-refractivity contribution in [2.24, 2.45) is 5.11 Å². The first-order valence-corrected chi connectivity index (χ1v) is 5.05. The van der Waals surface area contributed by atoms with Gasteiger partial charge < -0.3 is 4.74 Å². The van der Waals surface area contributed by atoms with Crippen LogP contribution in [-0.2, 0) is 11.3 Å². The fourth-order valence-electron chi connectivity index (χ4n) is 1.66. The van der Waals surface area contributed by atoms with Crippen molar-refractivity contribution in [3.63, 3.8) is 0 Å². The van der Waals surface area contributed by atoms with Gasteiger partial charge in [-0.1, -0.05) is 5.11 Å². The van der Waals surface area contributed by atoms with Crippen molar-refractivity contribution in [2.75, 3.05) is 6.61 Å². The maximum absolute atomic E-state index is 8.19. The van der Waals surface area contributed by atoms with Gasteiger partial charge in [-0.25, -0.2) is 4.68 Å². The summed E-state index contributed by atoms with van der Waals surface area (Å²) in [6, 6.07) is 0. The number of aromatic nitrogens is 2. The molecule has 2 heterocycles. The molecule has 0 aliphatic carbocycles. The van der Waals surface area contributed by atoms with Crippen LogP contribution in [0.4, 0.5) is 0 Å². The molecule has 1 aromatic rings. The zero-order valence-corrected chi connectivity index (χ0v) is 8.41. The van der Waals surface area contributed by atoms with Gasteiger partial charge in [0.2, 0.25) is 0 Å². The van der Waals surface area contributed by atoms with Crippen molar-refractivity contribution < 1.29 is 4.74 Å². The molecule has 0 aromatic carbocycles. The van der Waals surface area contributed by atoms with Crippen LogP contribution in [0.5, 0.6) is 0 Å². The molecule has 1 aliphatic heterocycles. The molecule has 0 amide bonds. The summed E-state index contributed by atoms with van der Waals surface area (Å²) in [7, 11) is 0. The fraction of sp³-hybridized carbons (Fsp3) is 0.667. The third-order valence-corrected chi connectivity index (χ3v) is 2.42.